The number of hydrogen-bond acceptors (Lipinski definition) is 2. The minimum absolute atomic E-state index is 0.914. The summed E-state index contributed by atoms with van der Waals surface area (Å²) >= 11 is 0. The fraction of sp³-hybridized carbons (Fsp3) is 0.421. The fourth-order valence-electron chi connectivity index (χ4n) is 2.40. The van der Waals surface area contributed by atoms with E-state index in [1.165, 1.54) is 28.7 Å². The van der Waals surface area contributed by atoms with E-state index in [4.69, 9.17) is 0 Å². The van der Waals surface area contributed by atoms with Gasteiger partial charge in [0, 0.05) is 24.9 Å². The highest BCUT2D eigenvalue weighted by Gasteiger charge is 2.03. The number of rotatable bonds is 7. The van der Waals surface area contributed by atoms with Crippen molar-refractivity contribution in [3.05, 3.63) is 64.5 Å². The van der Waals surface area contributed by atoms with Gasteiger partial charge in [-0.3, -0.25) is 4.98 Å². The maximum atomic E-state index is 4.58. The summed E-state index contributed by atoms with van der Waals surface area (Å²) in [5, 5.41) is 3.46. The lowest BCUT2D eigenvalue weighted by molar-refractivity contribution is 0.675. The van der Waals surface area contributed by atoms with Gasteiger partial charge in [-0.05, 0) is 54.6 Å². The van der Waals surface area contributed by atoms with Crippen molar-refractivity contribution in [1.82, 2.24) is 10.3 Å². The predicted molar refractivity (Wildman–Crippen MR) is 89.6 cm³/mol. The molecule has 0 aliphatic heterocycles. The molecule has 21 heavy (non-hydrogen) atoms. The molecule has 0 fully saturated rings. The van der Waals surface area contributed by atoms with Crippen LogP contribution < -0.4 is 5.32 Å². The largest absolute Gasteiger partial charge is 0.313 e. The van der Waals surface area contributed by atoms with Gasteiger partial charge in [0.1, 0.15) is 0 Å². The molecule has 2 heteroatoms. The van der Waals surface area contributed by atoms with Crippen LogP contribution in [0.5, 0.6) is 0 Å². The summed E-state index contributed by atoms with van der Waals surface area (Å²) in [5.74, 6) is 0. The van der Waals surface area contributed by atoms with E-state index in [1.54, 1.807) is 0 Å². The van der Waals surface area contributed by atoms with Crippen molar-refractivity contribution in [3.8, 4) is 0 Å². The molecule has 2 nitrogen and oxygen atoms in total. The van der Waals surface area contributed by atoms with Gasteiger partial charge in [-0.1, -0.05) is 38.1 Å². The summed E-state index contributed by atoms with van der Waals surface area (Å²) in [6.45, 7) is 8.55. The van der Waals surface area contributed by atoms with Gasteiger partial charge in [0.05, 0.1) is 0 Å². The minimum atomic E-state index is 0.914. The van der Waals surface area contributed by atoms with E-state index in [2.05, 4.69) is 61.4 Å². The highest BCUT2D eigenvalue weighted by Crippen LogP contribution is 2.15. The van der Waals surface area contributed by atoms with E-state index >= 15 is 0 Å². The Morgan fingerprint density at radius 3 is 2.52 bits per heavy atom. The van der Waals surface area contributed by atoms with Crippen molar-refractivity contribution in [2.24, 2.45) is 0 Å². The molecule has 1 aromatic heterocycles. The molecule has 0 unspecified atom stereocenters. The molecule has 0 atom stereocenters. The summed E-state index contributed by atoms with van der Waals surface area (Å²) in [6, 6.07) is 11.1. The number of nitrogens with one attached hydrogen (secondary N) is 1. The topological polar surface area (TPSA) is 24.9 Å². The first-order valence-corrected chi connectivity index (χ1v) is 7.95. The molecule has 0 aliphatic rings. The van der Waals surface area contributed by atoms with E-state index < -0.39 is 0 Å². The monoisotopic (exact) mass is 282 g/mol. The van der Waals surface area contributed by atoms with Gasteiger partial charge < -0.3 is 5.32 Å². The molecule has 1 aromatic carbocycles. The molecule has 0 amide bonds. The summed E-state index contributed by atoms with van der Waals surface area (Å²) in [4.78, 5) is 4.58. The first kappa shape index (κ1) is 15.7. The maximum absolute atomic E-state index is 4.58. The highest BCUT2D eigenvalue weighted by molar-refractivity contribution is 5.34. The average Bonchev–Trinajstić information content (AvgIpc) is 2.51. The van der Waals surface area contributed by atoms with Gasteiger partial charge in [0.25, 0.3) is 0 Å². The third-order valence-corrected chi connectivity index (χ3v) is 3.84. The lowest BCUT2D eigenvalue weighted by Gasteiger charge is -2.10. The molecule has 0 radical (unpaired) electrons. The van der Waals surface area contributed by atoms with Crippen LogP contribution in [0.4, 0.5) is 0 Å². The number of nitrogens with zero attached hydrogens (tertiary/aromatic N) is 1. The molecule has 2 rings (SSSR count). The van der Waals surface area contributed by atoms with Crippen molar-refractivity contribution in [2.45, 2.75) is 46.6 Å². The molecule has 0 saturated carbocycles. The van der Waals surface area contributed by atoms with Gasteiger partial charge in [-0.2, -0.15) is 0 Å². The standard InChI is InChI=1S/C19H26N2/c1-4-10-20-13-17-7-6-15(3)18(11-17)12-19-9-8-16(5-2)14-21-19/h6-9,11,14,20H,4-5,10,12-13H2,1-3H3. The number of hydrogen-bond donors (Lipinski definition) is 1. The Morgan fingerprint density at radius 2 is 1.86 bits per heavy atom. The van der Waals surface area contributed by atoms with Crippen LogP contribution in [0.25, 0.3) is 0 Å². The molecular weight excluding hydrogens is 256 g/mol. The van der Waals surface area contributed by atoms with Crippen molar-refractivity contribution in [1.29, 1.82) is 0 Å². The van der Waals surface area contributed by atoms with E-state index in [1.807, 2.05) is 6.20 Å². The van der Waals surface area contributed by atoms with Crippen molar-refractivity contribution in [2.75, 3.05) is 6.54 Å². The zero-order valence-electron chi connectivity index (χ0n) is 13.4. The summed E-state index contributed by atoms with van der Waals surface area (Å²) in [5.41, 5.74) is 6.52. The van der Waals surface area contributed by atoms with Gasteiger partial charge in [0.15, 0.2) is 0 Å². The number of pyridine rings is 1. The first-order chi connectivity index (χ1) is 10.2. The Hall–Kier alpha value is -1.67. The number of aromatic nitrogens is 1. The van der Waals surface area contributed by atoms with Crippen LogP contribution in [-0.2, 0) is 19.4 Å². The van der Waals surface area contributed by atoms with Crippen molar-refractivity contribution < 1.29 is 0 Å². The first-order valence-electron chi connectivity index (χ1n) is 7.95. The summed E-state index contributed by atoms with van der Waals surface area (Å²) < 4.78 is 0. The van der Waals surface area contributed by atoms with Crippen molar-refractivity contribution >= 4 is 0 Å². The Kier molecular flexibility index (Phi) is 5.94. The van der Waals surface area contributed by atoms with E-state index in [0.29, 0.717) is 0 Å². The number of aryl methyl sites for hydroxylation is 2. The molecule has 0 saturated heterocycles. The maximum Gasteiger partial charge on any atom is 0.0447 e. The van der Waals surface area contributed by atoms with Gasteiger partial charge >= 0.3 is 0 Å². The highest BCUT2D eigenvalue weighted by atomic mass is 14.8. The lowest BCUT2D eigenvalue weighted by atomic mass is 10.00. The van der Waals surface area contributed by atoms with Crippen LogP contribution in [0.1, 0.15) is 48.2 Å². The predicted octanol–water partition coefficient (Wildman–Crippen LogP) is 4.04. The van der Waals surface area contributed by atoms with Crippen LogP contribution in [0.3, 0.4) is 0 Å². The van der Waals surface area contributed by atoms with Gasteiger partial charge in [-0.15, -0.1) is 0 Å². The Balaban J connectivity index is 2.08. The Labute approximate surface area is 128 Å². The van der Waals surface area contributed by atoms with Crippen molar-refractivity contribution in [3.63, 3.8) is 0 Å². The minimum Gasteiger partial charge on any atom is -0.313 e. The molecule has 2 aromatic rings. The molecule has 1 N–H and O–H groups in total. The lowest BCUT2D eigenvalue weighted by Crippen LogP contribution is -2.14. The number of benzene rings is 1. The van der Waals surface area contributed by atoms with Crippen LogP contribution in [-0.4, -0.2) is 11.5 Å². The van der Waals surface area contributed by atoms with Gasteiger partial charge in [0.2, 0.25) is 0 Å². The quantitative estimate of drug-likeness (QED) is 0.775. The second-order valence-corrected chi connectivity index (χ2v) is 5.63. The molecule has 112 valence electrons. The molecule has 0 spiro atoms. The third-order valence-electron chi connectivity index (χ3n) is 3.84. The fourth-order valence-corrected chi connectivity index (χ4v) is 2.40. The van der Waals surface area contributed by atoms with E-state index in [9.17, 15) is 0 Å². The molecule has 0 aliphatic carbocycles. The summed E-state index contributed by atoms with van der Waals surface area (Å²) in [7, 11) is 0. The second kappa shape index (κ2) is 7.94. The van der Waals surface area contributed by atoms with Crippen LogP contribution >= 0.6 is 0 Å². The molecule has 1 heterocycles. The average molecular weight is 282 g/mol. The summed E-state index contributed by atoms with van der Waals surface area (Å²) in [6.07, 6.45) is 5.13. The molecule has 0 bridgehead atoms. The van der Waals surface area contributed by atoms with Crippen LogP contribution in [0.15, 0.2) is 36.5 Å². The van der Waals surface area contributed by atoms with Crippen LogP contribution in [0, 0.1) is 6.92 Å². The Bertz CT molecular complexity index is 558. The van der Waals surface area contributed by atoms with Gasteiger partial charge in [-0.25, -0.2) is 0 Å². The van der Waals surface area contributed by atoms with Crippen LogP contribution in [0.2, 0.25) is 0 Å². The molecular formula is C19H26N2. The zero-order chi connectivity index (χ0) is 15.1. The van der Waals surface area contributed by atoms with E-state index in [-0.39, 0.29) is 0 Å². The SMILES string of the molecule is CCCNCc1ccc(C)c(Cc2ccc(CC)cn2)c1. The zero-order valence-corrected chi connectivity index (χ0v) is 13.4. The second-order valence-electron chi connectivity index (χ2n) is 5.63. The third kappa shape index (κ3) is 4.68. The van der Waals surface area contributed by atoms with E-state index in [0.717, 1.165) is 31.6 Å². The smallest absolute Gasteiger partial charge is 0.0447 e. The normalized spacial score (nSPS) is 10.8. The Morgan fingerprint density at radius 1 is 1.05 bits per heavy atom.